The molecule has 19 heavy (non-hydrogen) atoms. The Morgan fingerprint density at radius 3 is 2.58 bits per heavy atom. The second-order valence-electron chi connectivity index (χ2n) is 5.71. The van der Waals surface area contributed by atoms with Crippen molar-refractivity contribution in [2.45, 2.75) is 48.9 Å². The molecule has 1 fully saturated rings. The first-order chi connectivity index (χ1) is 8.91. The van der Waals surface area contributed by atoms with Crippen LogP contribution in [0.25, 0.3) is 0 Å². The number of nitrogens with one attached hydrogen (secondary N) is 1. The largest absolute Gasteiger partial charge is 0.307 e. The van der Waals surface area contributed by atoms with Crippen LogP contribution in [0.3, 0.4) is 0 Å². The molecule has 3 unspecified atom stereocenters. The smallest absolute Gasteiger partial charge is 0.181 e. The Labute approximate surface area is 119 Å². The maximum atomic E-state index is 12.5. The lowest BCUT2D eigenvalue weighted by atomic mass is 9.91. The molecule has 104 valence electrons. The van der Waals surface area contributed by atoms with Crippen molar-refractivity contribution in [2.24, 2.45) is 5.92 Å². The van der Waals surface area contributed by atoms with Gasteiger partial charge in [0, 0.05) is 17.1 Å². The van der Waals surface area contributed by atoms with E-state index >= 15 is 0 Å². The number of fused-ring (bicyclic) bond motifs is 1. The highest BCUT2D eigenvalue weighted by atomic mass is 35.5. The molecule has 1 saturated carbocycles. The van der Waals surface area contributed by atoms with E-state index in [1.54, 1.807) is 25.1 Å². The molecule has 2 aliphatic rings. The molecule has 1 N–H and O–H groups in total. The number of benzene rings is 1. The summed E-state index contributed by atoms with van der Waals surface area (Å²) in [7, 11) is -3.23. The van der Waals surface area contributed by atoms with Crippen LogP contribution in [-0.2, 0) is 9.84 Å². The lowest BCUT2D eigenvalue weighted by Gasteiger charge is -2.36. The zero-order valence-corrected chi connectivity index (χ0v) is 12.6. The number of hydrogen-bond acceptors (Lipinski definition) is 3. The van der Waals surface area contributed by atoms with Crippen LogP contribution in [-0.4, -0.2) is 19.7 Å². The van der Waals surface area contributed by atoms with Gasteiger partial charge in [0.25, 0.3) is 0 Å². The summed E-state index contributed by atoms with van der Waals surface area (Å²) >= 11 is 6.05. The van der Waals surface area contributed by atoms with Gasteiger partial charge in [-0.1, -0.05) is 18.5 Å². The van der Waals surface area contributed by atoms with Crippen molar-refractivity contribution in [2.75, 3.05) is 0 Å². The summed E-state index contributed by atoms with van der Waals surface area (Å²) in [6.45, 7) is 3.81. The predicted octanol–water partition coefficient (Wildman–Crippen LogP) is 2.95. The van der Waals surface area contributed by atoms with E-state index in [0.29, 0.717) is 16.0 Å². The van der Waals surface area contributed by atoms with Crippen molar-refractivity contribution in [1.82, 2.24) is 5.32 Å². The first-order valence-corrected chi connectivity index (χ1v) is 8.63. The summed E-state index contributed by atoms with van der Waals surface area (Å²) in [6.07, 6.45) is 2.36. The quantitative estimate of drug-likeness (QED) is 0.913. The van der Waals surface area contributed by atoms with Crippen molar-refractivity contribution in [1.29, 1.82) is 0 Å². The van der Waals surface area contributed by atoms with Gasteiger partial charge in [0.05, 0.1) is 10.1 Å². The molecule has 3 atom stereocenters. The van der Waals surface area contributed by atoms with E-state index in [1.165, 1.54) is 12.8 Å². The van der Waals surface area contributed by atoms with Gasteiger partial charge >= 0.3 is 0 Å². The second-order valence-corrected chi connectivity index (χ2v) is 8.42. The molecule has 0 spiro atoms. The summed E-state index contributed by atoms with van der Waals surface area (Å²) < 4.78 is 25.0. The highest BCUT2D eigenvalue weighted by Gasteiger charge is 2.43. The highest BCUT2D eigenvalue weighted by molar-refractivity contribution is 7.92. The van der Waals surface area contributed by atoms with Gasteiger partial charge in [-0.2, -0.15) is 0 Å². The van der Waals surface area contributed by atoms with Crippen LogP contribution in [0, 0.1) is 5.92 Å². The third-order valence-corrected chi connectivity index (χ3v) is 6.99. The third-order valence-electron chi connectivity index (χ3n) is 4.36. The van der Waals surface area contributed by atoms with Crippen molar-refractivity contribution >= 4 is 21.4 Å². The molecule has 5 heteroatoms. The Bertz CT molecular complexity index is 610. The molecular weight excluding hydrogens is 282 g/mol. The normalized spacial score (nSPS) is 32.9. The SMILES string of the molecule is CC1C(NC2CC2)c2cc(Cl)ccc2S(=O)(=O)C1C. The minimum atomic E-state index is -3.23. The van der Waals surface area contributed by atoms with Crippen molar-refractivity contribution in [3.8, 4) is 0 Å². The molecule has 0 aromatic heterocycles. The molecule has 0 saturated heterocycles. The molecule has 0 bridgehead atoms. The Morgan fingerprint density at radius 1 is 1.26 bits per heavy atom. The van der Waals surface area contributed by atoms with E-state index in [2.05, 4.69) is 5.32 Å². The van der Waals surface area contributed by atoms with Crippen LogP contribution in [0.2, 0.25) is 5.02 Å². The van der Waals surface area contributed by atoms with Crippen LogP contribution in [0.5, 0.6) is 0 Å². The highest BCUT2D eigenvalue weighted by Crippen LogP contribution is 2.42. The molecule has 1 aliphatic heterocycles. The second kappa shape index (κ2) is 4.47. The lowest BCUT2D eigenvalue weighted by Crippen LogP contribution is -2.42. The van der Waals surface area contributed by atoms with Gasteiger partial charge in [0.2, 0.25) is 0 Å². The Balaban J connectivity index is 2.13. The fourth-order valence-corrected chi connectivity index (χ4v) is 4.88. The van der Waals surface area contributed by atoms with Crippen LogP contribution in [0.15, 0.2) is 23.1 Å². The molecule has 3 nitrogen and oxygen atoms in total. The zero-order chi connectivity index (χ0) is 13.8. The molecule has 0 radical (unpaired) electrons. The first kappa shape index (κ1) is 13.4. The molecule has 1 aliphatic carbocycles. The lowest BCUT2D eigenvalue weighted by molar-refractivity contribution is 0.356. The maximum Gasteiger partial charge on any atom is 0.181 e. The average Bonchev–Trinajstić information content (AvgIpc) is 3.16. The van der Waals surface area contributed by atoms with E-state index in [9.17, 15) is 8.42 Å². The van der Waals surface area contributed by atoms with Crippen LogP contribution in [0.1, 0.15) is 38.3 Å². The minimum Gasteiger partial charge on any atom is -0.307 e. The van der Waals surface area contributed by atoms with Gasteiger partial charge in [-0.3, -0.25) is 0 Å². The number of sulfone groups is 1. The summed E-state index contributed by atoms with van der Waals surface area (Å²) in [4.78, 5) is 0.445. The molecule has 1 aromatic carbocycles. The van der Waals surface area contributed by atoms with E-state index in [4.69, 9.17) is 11.6 Å². The van der Waals surface area contributed by atoms with Gasteiger partial charge in [-0.05, 0) is 49.4 Å². The van der Waals surface area contributed by atoms with Gasteiger partial charge in [0.15, 0.2) is 9.84 Å². The topological polar surface area (TPSA) is 46.2 Å². The monoisotopic (exact) mass is 299 g/mol. The molecule has 1 aromatic rings. The van der Waals surface area contributed by atoms with E-state index < -0.39 is 9.84 Å². The average molecular weight is 300 g/mol. The zero-order valence-electron chi connectivity index (χ0n) is 11.1. The van der Waals surface area contributed by atoms with Gasteiger partial charge in [0.1, 0.15) is 0 Å². The summed E-state index contributed by atoms with van der Waals surface area (Å²) in [5.74, 6) is 0.0524. The molecule has 1 heterocycles. The van der Waals surface area contributed by atoms with Gasteiger partial charge in [-0.25, -0.2) is 8.42 Å². The summed E-state index contributed by atoms with van der Waals surface area (Å²) in [5, 5.41) is 3.80. The van der Waals surface area contributed by atoms with E-state index in [-0.39, 0.29) is 17.2 Å². The van der Waals surface area contributed by atoms with Crippen LogP contribution in [0.4, 0.5) is 0 Å². The minimum absolute atomic E-state index is 0.0524. The summed E-state index contributed by atoms with van der Waals surface area (Å²) in [6, 6.07) is 5.73. The van der Waals surface area contributed by atoms with Crippen molar-refractivity contribution < 1.29 is 8.42 Å². The Morgan fingerprint density at radius 2 is 1.95 bits per heavy atom. The number of halogens is 1. The molecular formula is C14H18ClNO2S. The number of rotatable bonds is 2. The predicted molar refractivity (Wildman–Crippen MR) is 76.2 cm³/mol. The number of hydrogen-bond donors (Lipinski definition) is 1. The van der Waals surface area contributed by atoms with Gasteiger partial charge < -0.3 is 5.32 Å². The fraction of sp³-hybridized carbons (Fsp3) is 0.571. The van der Waals surface area contributed by atoms with Crippen LogP contribution >= 0.6 is 11.6 Å². The Hall–Kier alpha value is -0.580. The molecule has 3 rings (SSSR count). The standard InChI is InChI=1S/C14H18ClNO2S/c1-8-9(2)19(17,18)13-6-3-10(15)7-12(13)14(8)16-11-4-5-11/h3,6-9,11,14,16H,4-5H2,1-2H3. The van der Waals surface area contributed by atoms with Gasteiger partial charge in [-0.15, -0.1) is 0 Å². The third kappa shape index (κ3) is 2.20. The van der Waals surface area contributed by atoms with E-state index in [1.807, 2.05) is 6.92 Å². The maximum absolute atomic E-state index is 12.5. The Kier molecular flexibility index (Phi) is 3.15. The fourth-order valence-electron chi connectivity index (χ4n) is 2.80. The van der Waals surface area contributed by atoms with Crippen molar-refractivity contribution in [3.63, 3.8) is 0 Å². The van der Waals surface area contributed by atoms with Crippen molar-refractivity contribution in [3.05, 3.63) is 28.8 Å². The summed E-state index contributed by atoms with van der Waals surface area (Å²) in [5.41, 5.74) is 0.838. The van der Waals surface area contributed by atoms with E-state index in [0.717, 1.165) is 5.56 Å². The van der Waals surface area contributed by atoms with Crippen LogP contribution < -0.4 is 5.32 Å². The first-order valence-electron chi connectivity index (χ1n) is 6.70. The molecule has 0 amide bonds.